The first-order valence-corrected chi connectivity index (χ1v) is 6.91. The minimum absolute atomic E-state index is 0.182. The lowest BCUT2D eigenvalue weighted by molar-refractivity contribution is 0.00433. The van der Waals surface area contributed by atoms with Gasteiger partial charge in [-0.05, 0) is 33.6 Å². The van der Waals surface area contributed by atoms with Crippen molar-refractivity contribution in [2.24, 2.45) is 5.92 Å². The van der Waals surface area contributed by atoms with Crippen molar-refractivity contribution in [3.05, 3.63) is 0 Å². The molecule has 1 heterocycles. The van der Waals surface area contributed by atoms with Crippen molar-refractivity contribution in [2.45, 2.75) is 53.2 Å². The molecule has 1 saturated heterocycles. The van der Waals surface area contributed by atoms with E-state index in [4.69, 9.17) is 4.74 Å². The highest BCUT2D eigenvalue weighted by Gasteiger charge is 2.29. The molecule has 0 saturated carbocycles. The molecule has 0 aromatic rings. The van der Waals surface area contributed by atoms with Gasteiger partial charge in [0.25, 0.3) is 0 Å². The van der Waals surface area contributed by atoms with Crippen molar-refractivity contribution in [2.75, 3.05) is 26.2 Å². The maximum absolute atomic E-state index is 12.0. The number of hydrogen-bond donors (Lipinski definition) is 0. The predicted octanol–water partition coefficient (Wildman–Crippen LogP) is 2.58. The zero-order valence-corrected chi connectivity index (χ0v) is 12.7. The molecule has 1 fully saturated rings. The topological polar surface area (TPSA) is 32.8 Å². The summed E-state index contributed by atoms with van der Waals surface area (Å²) < 4.78 is 5.41. The Morgan fingerprint density at radius 3 is 2.39 bits per heavy atom. The number of piperazine rings is 1. The smallest absolute Gasteiger partial charge is 0.410 e. The van der Waals surface area contributed by atoms with Crippen LogP contribution in [0.25, 0.3) is 0 Å². The van der Waals surface area contributed by atoms with Gasteiger partial charge in [0.2, 0.25) is 0 Å². The van der Waals surface area contributed by atoms with Crippen LogP contribution < -0.4 is 0 Å². The van der Waals surface area contributed by atoms with Crippen LogP contribution >= 0.6 is 0 Å². The van der Waals surface area contributed by atoms with Crippen LogP contribution in [-0.4, -0.2) is 53.7 Å². The molecule has 1 rings (SSSR count). The van der Waals surface area contributed by atoms with E-state index in [0.29, 0.717) is 12.0 Å². The summed E-state index contributed by atoms with van der Waals surface area (Å²) in [5, 5.41) is 0. The summed E-state index contributed by atoms with van der Waals surface area (Å²) in [6.07, 6.45) is -0.182. The van der Waals surface area contributed by atoms with E-state index in [9.17, 15) is 4.79 Å². The first-order chi connectivity index (χ1) is 8.19. The van der Waals surface area contributed by atoms with Crippen LogP contribution in [0.3, 0.4) is 0 Å². The Hall–Kier alpha value is -0.770. The quantitative estimate of drug-likeness (QED) is 0.761. The van der Waals surface area contributed by atoms with E-state index in [-0.39, 0.29) is 6.09 Å². The van der Waals surface area contributed by atoms with Crippen molar-refractivity contribution in [1.82, 2.24) is 9.80 Å². The Balaban J connectivity index is 2.48. The molecule has 1 aliphatic rings. The molecule has 0 unspecified atom stereocenters. The highest BCUT2D eigenvalue weighted by Crippen LogP contribution is 2.15. The van der Waals surface area contributed by atoms with Crippen LogP contribution in [0.15, 0.2) is 0 Å². The van der Waals surface area contributed by atoms with E-state index in [1.165, 1.54) is 0 Å². The van der Waals surface area contributed by atoms with Crippen molar-refractivity contribution in [3.63, 3.8) is 0 Å². The third-order valence-corrected chi connectivity index (χ3v) is 3.02. The number of hydrogen-bond acceptors (Lipinski definition) is 3. The van der Waals surface area contributed by atoms with Crippen molar-refractivity contribution in [1.29, 1.82) is 0 Å². The minimum atomic E-state index is -0.407. The van der Waals surface area contributed by atoms with E-state index >= 15 is 0 Å². The Labute approximate surface area is 111 Å². The monoisotopic (exact) mass is 256 g/mol. The van der Waals surface area contributed by atoms with E-state index < -0.39 is 5.60 Å². The van der Waals surface area contributed by atoms with Crippen LogP contribution in [0, 0.1) is 5.92 Å². The molecule has 0 N–H and O–H groups in total. The lowest BCUT2D eigenvalue weighted by Gasteiger charge is -2.40. The molecule has 1 amide bonds. The van der Waals surface area contributed by atoms with Gasteiger partial charge in [0, 0.05) is 32.2 Å². The zero-order valence-electron chi connectivity index (χ0n) is 12.7. The summed E-state index contributed by atoms with van der Waals surface area (Å²) in [5.41, 5.74) is -0.407. The summed E-state index contributed by atoms with van der Waals surface area (Å²) >= 11 is 0. The molecule has 18 heavy (non-hydrogen) atoms. The van der Waals surface area contributed by atoms with Crippen LogP contribution in [0.2, 0.25) is 0 Å². The van der Waals surface area contributed by atoms with Gasteiger partial charge in [-0.1, -0.05) is 13.8 Å². The van der Waals surface area contributed by atoms with Gasteiger partial charge in [-0.2, -0.15) is 0 Å². The Morgan fingerprint density at radius 2 is 1.94 bits per heavy atom. The summed E-state index contributed by atoms with van der Waals surface area (Å²) in [6.45, 7) is 15.9. The van der Waals surface area contributed by atoms with Gasteiger partial charge in [-0.15, -0.1) is 0 Å². The second-order valence-electron chi connectivity index (χ2n) is 6.66. The van der Waals surface area contributed by atoms with E-state index in [0.717, 1.165) is 26.2 Å². The largest absolute Gasteiger partial charge is 0.444 e. The molecule has 0 aromatic heterocycles. The average Bonchev–Trinajstić information content (AvgIpc) is 2.17. The van der Waals surface area contributed by atoms with E-state index in [1.54, 1.807) is 0 Å². The first kappa shape index (κ1) is 15.3. The van der Waals surface area contributed by atoms with Gasteiger partial charge in [0.15, 0.2) is 0 Å². The number of amides is 1. The van der Waals surface area contributed by atoms with Gasteiger partial charge in [-0.3, -0.25) is 4.90 Å². The second-order valence-corrected chi connectivity index (χ2v) is 6.66. The van der Waals surface area contributed by atoms with Crippen molar-refractivity contribution < 1.29 is 9.53 Å². The Morgan fingerprint density at radius 1 is 1.33 bits per heavy atom. The predicted molar refractivity (Wildman–Crippen MR) is 73.7 cm³/mol. The zero-order chi connectivity index (χ0) is 13.9. The highest BCUT2D eigenvalue weighted by molar-refractivity contribution is 5.68. The van der Waals surface area contributed by atoms with Gasteiger partial charge in [0.05, 0.1) is 0 Å². The lowest BCUT2D eigenvalue weighted by atomic mass is 10.1. The number of carbonyl (C=O) groups excluding carboxylic acids is 1. The van der Waals surface area contributed by atoms with E-state index in [2.05, 4.69) is 25.7 Å². The minimum Gasteiger partial charge on any atom is -0.444 e. The first-order valence-electron chi connectivity index (χ1n) is 6.91. The lowest BCUT2D eigenvalue weighted by Crippen LogP contribution is -2.55. The van der Waals surface area contributed by atoms with Crippen molar-refractivity contribution in [3.8, 4) is 0 Å². The molecule has 0 aliphatic carbocycles. The second kappa shape index (κ2) is 5.91. The molecular weight excluding hydrogens is 228 g/mol. The Kier molecular flexibility index (Phi) is 5.02. The fraction of sp³-hybridized carbons (Fsp3) is 0.929. The number of rotatable bonds is 2. The fourth-order valence-electron chi connectivity index (χ4n) is 2.23. The normalized spacial score (nSPS) is 22.4. The Bertz CT molecular complexity index is 284. The molecule has 4 heteroatoms. The molecule has 0 radical (unpaired) electrons. The van der Waals surface area contributed by atoms with Crippen molar-refractivity contribution >= 4 is 6.09 Å². The molecule has 0 bridgehead atoms. The maximum Gasteiger partial charge on any atom is 0.410 e. The molecule has 1 atom stereocenters. The molecule has 106 valence electrons. The summed E-state index contributed by atoms with van der Waals surface area (Å²) in [5.74, 6) is 0.667. The third kappa shape index (κ3) is 4.84. The summed E-state index contributed by atoms with van der Waals surface area (Å²) in [6, 6.07) is 0.411. The van der Waals surface area contributed by atoms with Crippen LogP contribution in [-0.2, 0) is 4.74 Å². The average molecular weight is 256 g/mol. The molecule has 4 nitrogen and oxygen atoms in total. The molecule has 0 spiro atoms. The standard InChI is InChI=1S/C14H28N2O2/c1-11(2)9-15-7-8-16(10-12(15)3)13(17)18-14(4,5)6/h11-12H,7-10H2,1-6H3/t12-/m1/s1. The SMILES string of the molecule is CC(C)CN1CCN(C(=O)OC(C)(C)C)C[C@H]1C. The van der Waals surface area contributed by atoms with Gasteiger partial charge in [0.1, 0.15) is 5.60 Å². The van der Waals surface area contributed by atoms with Gasteiger partial charge < -0.3 is 9.64 Å². The third-order valence-electron chi connectivity index (χ3n) is 3.02. The van der Waals surface area contributed by atoms with Gasteiger partial charge in [-0.25, -0.2) is 4.79 Å². The number of ether oxygens (including phenoxy) is 1. The van der Waals surface area contributed by atoms with Crippen LogP contribution in [0.1, 0.15) is 41.5 Å². The molecule has 0 aromatic carbocycles. The highest BCUT2D eigenvalue weighted by atomic mass is 16.6. The fourth-order valence-corrected chi connectivity index (χ4v) is 2.23. The number of nitrogens with zero attached hydrogens (tertiary/aromatic N) is 2. The summed E-state index contributed by atoms with van der Waals surface area (Å²) in [4.78, 5) is 16.2. The van der Waals surface area contributed by atoms with E-state index in [1.807, 2.05) is 25.7 Å². The van der Waals surface area contributed by atoms with Crippen LogP contribution in [0.5, 0.6) is 0 Å². The van der Waals surface area contributed by atoms with Crippen LogP contribution in [0.4, 0.5) is 4.79 Å². The summed E-state index contributed by atoms with van der Waals surface area (Å²) in [7, 11) is 0. The number of carbonyl (C=O) groups is 1. The molecular formula is C14H28N2O2. The molecule has 1 aliphatic heterocycles. The maximum atomic E-state index is 12.0. The van der Waals surface area contributed by atoms with Gasteiger partial charge >= 0.3 is 6.09 Å².